The standard InChI is InChI=1S/C21H25ClN2S/c1-3-16-14-19(8-9-21(16)25-2)24(18-10-12-23-13-11-18)15-17-6-4-5-7-20(17)22/h3-9,14,18,23H,1,10-13,15H2,2H3. The molecule has 1 fully saturated rings. The van der Waals surface area contributed by atoms with E-state index in [1.807, 2.05) is 18.2 Å². The van der Waals surface area contributed by atoms with Gasteiger partial charge in [0.1, 0.15) is 0 Å². The molecule has 1 N–H and O–H groups in total. The van der Waals surface area contributed by atoms with Crippen molar-refractivity contribution in [2.75, 3.05) is 24.2 Å². The van der Waals surface area contributed by atoms with Crippen molar-refractivity contribution in [2.24, 2.45) is 0 Å². The molecule has 2 nitrogen and oxygen atoms in total. The summed E-state index contributed by atoms with van der Waals surface area (Å²) in [4.78, 5) is 3.78. The number of nitrogens with one attached hydrogen (secondary N) is 1. The van der Waals surface area contributed by atoms with Gasteiger partial charge in [0.2, 0.25) is 0 Å². The van der Waals surface area contributed by atoms with Gasteiger partial charge in [0.25, 0.3) is 0 Å². The summed E-state index contributed by atoms with van der Waals surface area (Å²) >= 11 is 8.20. The van der Waals surface area contributed by atoms with E-state index in [-0.39, 0.29) is 0 Å². The lowest BCUT2D eigenvalue weighted by molar-refractivity contribution is 0.428. The first-order valence-electron chi connectivity index (χ1n) is 8.74. The van der Waals surface area contributed by atoms with Crippen LogP contribution >= 0.6 is 23.4 Å². The number of benzene rings is 2. The van der Waals surface area contributed by atoms with Gasteiger partial charge in [-0.2, -0.15) is 0 Å². The number of piperidine rings is 1. The number of anilines is 1. The molecule has 4 heteroatoms. The van der Waals surface area contributed by atoms with Crippen LogP contribution in [0.1, 0.15) is 24.0 Å². The summed E-state index contributed by atoms with van der Waals surface area (Å²) in [6, 6.07) is 15.4. The van der Waals surface area contributed by atoms with Crippen LogP contribution in [0.4, 0.5) is 5.69 Å². The number of halogens is 1. The Kier molecular flexibility index (Phi) is 6.46. The predicted octanol–water partition coefficient (Wildman–Crippen LogP) is 5.46. The topological polar surface area (TPSA) is 15.3 Å². The minimum Gasteiger partial charge on any atom is -0.364 e. The molecule has 0 aliphatic carbocycles. The monoisotopic (exact) mass is 372 g/mol. The van der Waals surface area contributed by atoms with Crippen LogP contribution in [0, 0.1) is 0 Å². The molecule has 0 saturated carbocycles. The maximum absolute atomic E-state index is 6.44. The number of hydrogen-bond acceptors (Lipinski definition) is 3. The summed E-state index contributed by atoms with van der Waals surface area (Å²) in [5.41, 5.74) is 3.62. The van der Waals surface area contributed by atoms with Crippen molar-refractivity contribution >= 4 is 35.1 Å². The quantitative estimate of drug-likeness (QED) is 0.677. The van der Waals surface area contributed by atoms with Gasteiger partial charge in [-0.3, -0.25) is 0 Å². The number of nitrogens with zero attached hydrogens (tertiary/aromatic N) is 1. The van der Waals surface area contributed by atoms with Gasteiger partial charge in [0.15, 0.2) is 0 Å². The lowest BCUT2D eigenvalue weighted by Crippen LogP contribution is -2.43. The van der Waals surface area contributed by atoms with Crippen molar-refractivity contribution in [2.45, 2.75) is 30.3 Å². The number of thioether (sulfide) groups is 1. The fraction of sp³-hybridized carbons (Fsp3) is 0.333. The van der Waals surface area contributed by atoms with E-state index in [4.69, 9.17) is 11.6 Å². The van der Waals surface area contributed by atoms with Crippen LogP contribution < -0.4 is 10.2 Å². The van der Waals surface area contributed by atoms with E-state index in [0.29, 0.717) is 6.04 Å². The third-order valence-electron chi connectivity index (χ3n) is 4.81. The number of hydrogen-bond donors (Lipinski definition) is 1. The van der Waals surface area contributed by atoms with E-state index >= 15 is 0 Å². The molecule has 0 bridgehead atoms. The van der Waals surface area contributed by atoms with E-state index in [1.165, 1.54) is 21.7 Å². The Hall–Kier alpha value is -1.42. The van der Waals surface area contributed by atoms with Crippen LogP contribution in [0.25, 0.3) is 6.08 Å². The van der Waals surface area contributed by atoms with Crippen molar-refractivity contribution < 1.29 is 0 Å². The molecule has 0 aromatic heterocycles. The predicted molar refractivity (Wildman–Crippen MR) is 112 cm³/mol. The Morgan fingerprint density at radius 3 is 2.68 bits per heavy atom. The van der Waals surface area contributed by atoms with Crippen LogP contribution in [0.3, 0.4) is 0 Å². The fourth-order valence-electron chi connectivity index (χ4n) is 3.42. The first kappa shape index (κ1) is 18.4. The average molecular weight is 373 g/mol. The summed E-state index contributed by atoms with van der Waals surface area (Å²) in [5.74, 6) is 0. The summed E-state index contributed by atoms with van der Waals surface area (Å²) in [5, 5.41) is 4.30. The van der Waals surface area contributed by atoms with E-state index in [9.17, 15) is 0 Å². The van der Waals surface area contributed by atoms with E-state index in [1.54, 1.807) is 11.8 Å². The highest BCUT2D eigenvalue weighted by molar-refractivity contribution is 7.98. The molecule has 25 heavy (non-hydrogen) atoms. The Balaban J connectivity index is 1.95. The lowest BCUT2D eigenvalue weighted by Gasteiger charge is -2.37. The SMILES string of the molecule is C=Cc1cc(N(Cc2ccccc2Cl)C2CCNCC2)ccc1SC. The lowest BCUT2D eigenvalue weighted by atomic mass is 10.0. The normalized spacial score (nSPS) is 15.1. The minimum atomic E-state index is 0.523. The third kappa shape index (κ3) is 4.41. The van der Waals surface area contributed by atoms with Crippen molar-refractivity contribution in [3.63, 3.8) is 0 Å². The highest BCUT2D eigenvalue weighted by Gasteiger charge is 2.22. The zero-order valence-electron chi connectivity index (χ0n) is 14.7. The van der Waals surface area contributed by atoms with Gasteiger partial charge in [-0.25, -0.2) is 0 Å². The number of rotatable bonds is 6. The average Bonchev–Trinajstić information content (AvgIpc) is 2.67. The second-order valence-electron chi connectivity index (χ2n) is 6.33. The molecule has 2 aromatic rings. The van der Waals surface area contributed by atoms with Crippen molar-refractivity contribution in [1.82, 2.24) is 5.32 Å². The third-order valence-corrected chi connectivity index (χ3v) is 5.99. The Morgan fingerprint density at radius 1 is 1.24 bits per heavy atom. The summed E-state index contributed by atoms with van der Waals surface area (Å²) in [6.45, 7) is 6.96. The molecule has 0 radical (unpaired) electrons. The molecule has 0 amide bonds. The second-order valence-corrected chi connectivity index (χ2v) is 7.59. The van der Waals surface area contributed by atoms with Gasteiger partial charge >= 0.3 is 0 Å². The zero-order valence-corrected chi connectivity index (χ0v) is 16.2. The van der Waals surface area contributed by atoms with Gasteiger partial charge < -0.3 is 10.2 Å². The summed E-state index contributed by atoms with van der Waals surface area (Å²) in [7, 11) is 0. The van der Waals surface area contributed by atoms with E-state index in [0.717, 1.165) is 37.5 Å². The highest BCUT2D eigenvalue weighted by Crippen LogP contribution is 2.31. The van der Waals surface area contributed by atoms with Crippen molar-refractivity contribution in [3.8, 4) is 0 Å². The molecule has 1 aliphatic heterocycles. The van der Waals surface area contributed by atoms with Gasteiger partial charge in [-0.15, -0.1) is 11.8 Å². The molecule has 1 aliphatic rings. The van der Waals surface area contributed by atoms with Crippen LogP contribution in [0.15, 0.2) is 53.9 Å². The van der Waals surface area contributed by atoms with Gasteiger partial charge in [-0.05, 0) is 67.6 Å². The Morgan fingerprint density at radius 2 is 2.00 bits per heavy atom. The molecule has 0 spiro atoms. The second kappa shape index (κ2) is 8.79. The van der Waals surface area contributed by atoms with Crippen molar-refractivity contribution in [3.05, 3.63) is 65.2 Å². The fourth-order valence-corrected chi connectivity index (χ4v) is 4.20. The van der Waals surface area contributed by atoms with Gasteiger partial charge in [0.05, 0.1) is 0 Å². The Bertz CT molecular complexity index is 726. The first-order chi connectivity index (χ1) is 12.2. The highest BCUT2D eigenvalue weighted by atomic mass is 35.5. The molecule has 0 atom stereocenters. The maximum Gasteiger partial charge on any atom is 0.0455 e. The molecule has 2 aromatic carbocycles. The molecule has 1 heterocycles. The van der Waals surface area contributed by atoms with Crippen LogP contribution in [-0.2, 0) is 6.54 Å². The van der Waals surface area contributed by atoms with Crippen LogP contribution in [-0.4, -0.2) is 25.4 Å². The first-order valence-corrected chi connectivity index (χ1v) is 10.3. The largest absolute Gasteiger partial charge is 0.364 e. The zero-order chi connectivity index (χ0) is 17.6. The maximum atomic E-state index is 6.44. The minimum absolute atomic E-state index is 0.523. The molecule has 0 unspecified atom stereocenters. The van der Waals surface area contributed by atoms with Crippen LogP contribution in [0.2, 0.25) is 5.02 Å². The van der Waals surface area contributed by atoms with E-state index < -0.39 is 0 Å². The molecule has 132 valence electrons. The van der Waals surface area contributed by atoms with Crippen LogP contribution in [0.5, 0.6) is 0 Å². The smallest absolute Gasteiger partial charge is 0.0455 e. The molecular weight excluding hydrogens is 348 g/mol. The van der Waals surface area contributed by atoms with Crippen molar-refractivity contribution in [1.29, 1.82) is 0 Å². The summed E-state index contributed by atoms with van der Waals surface area (Å²) in [6.07, 6.45) is 6.36. The van der Waals surface area contributed by atoms with Gasteiger partial charge in [-0.1, -0.05) is 42.5 Å². The van der Waals surface area contributed by atoms with Gasteiger partial charge in [0, 0.05) is 28.2 Å². The molecular formula is C21H25ClN2S. The van der Waals surface area contributed by atoms with E-state index in [2.05, 4.69) is 53.4 Å². The summed E-state index contributed by atoms with van der Waals surface area (Å²) < 4.78 is 0. The molecule has 1 saturated heterocycles. The molecule has 3 rings (SSSR count). The Labute approximate surface area is 160 Å².